The Morgan fingerprint density at radius 2 is 2.03 bits per heavy atom. The summed E-state index contributed by atoms with van der Waals surface area (Å²) in [5.74, 6) is -0.0254. The number of amides is 1. The molecule has 1 aliphatic rings. The van der Waals surface area contributed by atoms with E-state index in [1.807, 2.05) is 26.8 Å². The molecule has 0 spiro atoms. The quantitative estimate of drug-likeness (QED) is 0.620. The van der Waals surface area contributed by atoms with Crippen LogP contribution in [0, 0.1) is 5.82 Å². The average Bonchev–Trinajstić information content (AvgIpc) is 3.35. The first kappa shape index (κ1) is 23.5. The molecule has 2 N–H and O–H groups in total. The number of hydrogen-bond donors (Lipinski definition) is 2. The minimum Gasteiger partial charge on any atom is -0.447 e. The van der Waals surface area contributed by atoms with Crippen LogP contribution in [0.1, 0.15) is 66.9 Å². The smallest absolute Gasteiger partial charge is 0.407 e. The molecule has 0 radical (unpaired) electrons. The number of aromatic nitrogens is 2. The van der Waals surface area contributed by atoms with Crippen molar-refractivity contribution in [2.45, 2.75) is 82.4 Å². The Kier molecular flexibility index (Phi) is 6.65. The van der Waals surface area contributed by atoms with Crippen molar-refractivity contribution in [2.24, 2.45) is 0 Å². The second-order valence-corrected chi connectivity index (χ2v) is 11.4. The van der Waals surface area contributed by atoms with Crippen molar-refractivity contribution in [1.29, 1.82) is 0 Å². The number of alkyl carbamates (subject to hydrolysis) is 1. The third-order valence-electron chi connectivity index (χ3n) is 5.44. The van der Waals surface area contributed by atoms with Crippen LogP contribution in [0.5, 0.6) is 0 Å². The fraction of sp³-hybridized carbons (Fsp3) is 0.565. The first-order valence-electron chi connectivity index (χ1n) is 11.7. The van der Waals surface area contributed by atoms with E-state index in [-0.39, 0.29) is 28.6 Å². The Labute approximate surface area is 196 Å². The zero-order chi connectivity index (χ0) is 25.3. The fourth-order valence-corrected chi connectivity index (χ4v) is 4.48. The van der Waals surface area contributed by atoms with Crippen LogP contribution < -0.4 is 10.6 Å². The molecule has 0 bridgehead atoms. The zero-order valence-electron chi connectivity index (χ0n) is 20.7. The lowest BCUT2D eigenvalue weighted by Crippen LogP contribution is -2.34. The normalized spacial score (nSPS) is 19.4. The monoisotopic (exact) mass is 481 g/mol. The van der Waals surface area contributed by atoms with Gasteiger partial charge in [-0.1, -0.05) is 0 Å². The summed E-state index contributed by atoms with van der Waals surface area (Å²) in [6, 6.07) is 5.44. The predicted octanol–water partition coefficient (Wildman–Crippen LogP) is 4.70. The highest BCUT2D eigenvalue weighted by molar-refractivity contribution is 7.90. The van der Waals surface area contributed by atoms with Gasteiger partial charge in [0.15, 0.2) is 9.84 Å². The average molecular weight is 482 g/mol. The van der Waals surface area contributed by atoms with Gasteiger partial charge in [0.05, 0.1) is 27.9 Å². The Bertz CT molecular complexity index is 1140. The fourth-order valence-electron chi connectivity index (χ4n) is 3.92. The van der Waals surface area contributed by atoms with Gasteiger partial charge in [-0.2, -0.15) is 5.10 Å². The standard InChI is InChI=1S/C23H33FN4O4S/c1-14(2)32-22(29)25-16-8-7-15(11-16)20-13-21(28(27-20)23(3,4)5)26-19-10-9-17(12-18(19)24)33(6,30)31/h9-10,12-16,26H,7-8,11H2,1-6H3,(H,25,29)/t15-,16+/m0/s1/i6D. The molecule has 1 amide bonds. The summed E-state index contributed by atoms with van der Waals surface area (Å²) in [5, 5.41) is 10.7. The van der Waals surface area contributed by atoms with E-state index in [2.05, 4.69) is 10.6 Å². The number of hydrogen-bond acceptors (Lipinski definition) is 6. The van der Waals surface area contributed by atoms with E-state index in [1.54, 1.807) is 18.5 Å². The Hall–Kier alpha value is -2.62. The minimum atomic E-state index is -3.83. The predicted molar refractivity (Wildman–Crippen MR) is 125 cm³/mol. The Balaban J connectivity index is 1.81. The molecule has 0 saturated heterocycles. The van der Waals surface area contributed by atoms with Crippen molar-refractivity contribution in [3.8, 4) is 0 Å². The number of rotatable bonds is 6. The first-order chi connectivity index (χ1) is 15.8. The third kappa shape index (κ3) is 6.25. The van der Waals surface area contributed by atoms with Gasteiger partial charge in [0, 0.05) is 25.6 Å². The number of halogens is 1. The number of nitrogens with zero attached hydrogens (tertiary/aromatic N) is 2. The van der Waals surface area contributed by atoms with Gasteiger partial charge in [-0.25, -0.2) is 22.3 Å². The van der Waals surface area contributed by atoms with Crippen LogP contribution in [0.2, 0.25) is 0 Å². The molecule has 33 heavy (non-hydrogen) atoms. The minimum absolute atomic E-state index is 0.00332. The molecule has 1 aromatic heterocycles. The largest absolute Gasteiger partial charge is 0.447 e. The highest BCUT2D eigenvalue weighted by atomic mass is 32.2. The molecule has 3 rings (SSSR count). The zero-order valence-corrected chi connectivity index (χ0v) is 20.5. The number of benzene rings is 1. The maximum Gasteiger partial charge on any atom is 0.407 e. The lowest BCUT2D eigenvalue weighted by Gasteiger charge is -2.23. The molecule has 1 saturated carbocycles. The highest BCUT2D eigenvalue weighted by Gasteiger charge is 2.31. The van der Waals surface area contributed by atoms with E-state index >= 15 is 0 Å². The number of carbonyl (C=O) groups is 1. The number of anilines is 2. The number of nitrogens with one attached hydrogen (secondary N) is 2. The van der Waals surface area contributed by atoms with Crippen LogP contribution in [0.15, 0.2) is 29.2 Å². The molecular weight excluding hydrogens is 447 g/mol. The van der Waals surface area contributed by atoms with Crippen LogP contribution in [0.3, 0.4) is 0 Å². The summed E-state index contributed by atoms with van der Waals surface area (Å²) < 4.78 is 52.6. The number of ether oxygens (including phenoxy) is 1. The van der Waals surface area contributed by atoms with Gasteiger partial charge in [0.25, 0.3) is 0 Å². The lowest BCUT2D eigenvalue weighted by atomic mass is 10.0. The van der Waals surface area contributed by atoms with E-state index in [1.165, 1.54) is 12.1 Å². The van der Waals surface area contributed by atoms with Crippen molar-refractivity contribution in [2.75, 3.05) is 11.5 Å². The molecular formula is C23H33FN4O4S. The van der Waals surface area contributed by atoms with Crippen molar-refractivity contribution < 1.29 is 23.7 Å². The number of sulfone groups is 1. The van der Waals surface area contributed by atoms with Crippen LogP contribution in [0.4, 0.5) is 20.7 Å². The molecule has 1 fully saturated rings. The van der Waals surface area contributed by atoms with Gasteiger partial charge < -0.3 is 15.4 Å². The molecule has 2 aromatic rings. The highest BCUT2D eigenvalue weighted by Crippen LogP contribution is 2.37. The molecule has 2 atom stereocenters. The van der Waals surface area contributed by atoms with Crippen molar-refractivity contribution in [1.82, 2.24) is 15.1 Å². The molecule has 10 heteroatoms. The molecule has 1 heterocycles. The maximum absolute atomic E-state index is 14.7. The second kappa shape index (κ2) is 9.32. The lowest BCUT2D eigenvalue weighted by molar-refractivity contribution is 0.112. The maximum atomic E-state index is 14.7. The van der Waals surface area contributed by atoms with Crippen molar-refractivity contribution in [3.05, 3.63) is 35.8 Å². The summed E-state index contributed by atoms with van der Waals surface area (Å²) >= 11 is 0. The number of carbonyl (C=O) groups excluding carboxylic acids is 1. The summed E-state index contributed by atoms with van der Waals surface area (Å²) in [5.41, 5.74) is 0.555. The van der Waals surface area contributed by atoms with E-state index in [4.69, 9.17) is 11.2 Å². The first-order valence-corrected chi connectivity index (χ1v) is 12.6. The molecule has 8 nitrogen and oxygen atoms in total. The second-order valence-electron chi connectivity index (χ2n) is 9.72. The van der Waals surface area contributed by atoms with E-state index in [9.17, 15) is 17.6 Å². The molecule has 1 aliphatic carbocycles. The van der Waals surface area contributed by atoms with Gasteiger partial charge >= 0.3 is 6.09 Å². The topological polar surface area (TPSA) is 102 Å². The molecule has 0 unspecified atom stereocenters. The van der Waals surface area contributed by atoms with Gasteiger partial charge in [-0.3, -0.25) is 0 Å². The van der Waals surface area contributed by atoms with Gasteiger partial charge in [0.1, 0.15) is 11.6 Å². The summed E-state index contributed by atoms with van der Waals surface area (Å²) in [6.45, 7) is 9.55. The van der Waals surface area contributed by atoms with Crippen LogP contribution in [0.25, 0.3) is 0 Å². The van der Waals surface area contributed by atoms with Crippen molar-refractivity contribution in [3.63, 3.8) is 0 Å². The van der Waals surface area contributed by atoms with Gasteiger partial charge in [0.2, 0.25) is 0 Å². The van der Waals surface area contributed by atoms with Gasteiger partial charge in [-0.05, 0) is 72.1 Å². The summed E-state index contributed by atoms with van der Waals surface area (Å²) in [7, 11) is -3.83. The Morgan fingerprint density at radius 3 is 2.64 bits per heavy atom. The SMILES string of the molecule is [2H]CS(=O)(=O)c1ccc(Nc2cc([C@H]3CC[C@@H](NC(=O)OC(C)C)C3)nn2C(C)(C)C)c(F)c1. The van der Waals surface area contributed by atoms with E-state index in [0.29, 0.717) is 5.82 Å². The third-order valence-corrected chi connectivity index (χ3v) is 6.41. The van der Waals surface area contributed by atoms with E-state index < -0.39 is 33.5 Å². The Morgan fingerprint density at radius 1 is 1.30 bits per heavy atom. The summed E-state index contributed by atoms with van der Waals surface area (Å²) in [6.07, 6.45) is 0.933. The summed E-state index contributed by atoms with van der Waals surface area (Å²) in [4.78, 5) is 11.7. The van der Waals surface area contributed by atoms with Crippen LogP contribution >= 0.6 is 0 Å². The molecule has 182 valence electrons. The van der Waals surface area contributed by atoms with Gasteiger partial charge in [-0.15, -0.1) is 0 Å². The van der Waals surface area contributed by atoms with Crippen molar-refractivity contribution >= 4 is 27.4 Å². The van der Waals surface area contributed by atoms with Crippen LogP contribution in [-0.2, 0) is 20.1 Å². The van der Waals surface area contributed by atoms with Crippen LogP contribution in [-0.4, -0.2) is 42.7 Å². The molecule has 0 aliphatic heterocycles. The molecule has 1 aromatic carbocycles. The van der Waals surface area contributed by atoms with E-state index in [0.717, 1.165) is 31.0 Å².